The lowest BCUT2D eigenvalue weighted by atomic mass is 9.89. The Morgan fingerprint density at radius 2 is 1.52 bits per heavy atom. The van der Waals surface area contributed by atoms with Gasteiger partial charge >= 0.3 is 12.4 Å². The van der Waals surface area contributed by atoms with Crippen molar-refractivity contribution in [2.45, 2.75) is 37.7 Å². The Hall–Kier alpha value is -4.53. The molecule has 0 radical (unpaired) electrons. The molecule has 1 N–H and O–H groups in total. The highest BCUT2D eigenvalue weighted by atomic mass is 35.5. The first-order valence-corrected chi connectivity index (χ1v) is 14.8. The number of halogens is 7. The van der Waals surface area contributed by atoms with Crippen LogP contribution in [0, 0.1) is 0 Å². The molecule has 1 unspecified atom stereocenters. The molecule has 2 fully saturated rings. The van der Waals surface area contributed by atoms with Gasteiger partial charge in [0.1, 0.15) is 5.75 Å². The van der Waals surface area contributed by atoms with Crippen molar-refractivity contribution in [3.8, 4) is 5.75 Å². The maximum atomic E-state index is 14.3. The van der Waals surface area contributed by atoms with Gasteiger partial charge in [-0.3, -0.25) is 19.4 Å². The average Bonchev–Trinajstić information content (AvgIpc) is 3.04. The van der Waals surface area contributed by atoms with Crippen LogP contribution in [0.15, 0.2) is 67.0 Å². The number of ether oxygens (including phenoxy) is 1. The van der Waals surface area contributed by atoms with E-state index in [4.69, 9.17) is 4.74 Å². The van der Waals surface area contributed by atoms with Gasteiger partial charge in [-0.15, -0.1) is 12.4 Å². The summed E-state index contributed by atoms with van der Waals surface area (Å²) in [4.78, 5) is 47.8. The summed E-state index contributed by atoms with van der Waals surface area (Å²) in [6.07, 6.45) is -7.49. The minimum absolute atomic E-state index is 0. The maximum Gasteiger partial charge on any atom is 0.417 e. The Balaban J connectivity index is 0.00000520. The van der Waals surface area contributed by atoms with Crippen LogP contribution in [0.1, 0.15) is 41.3 Å². The number of anilines is 2. The topological polar surface area (TPSA) is 95.1 Å². The molecule has 9 nitrogen and oxygen atoms in total. The minimum Gasteiger partial charge on any atom is -0.476 e. The number of para-hydroxylation sites is 2. The highest BCUT2D eigenvalue weighted by Crippen LogP contribution is 2.36. The third-order valence-electron chi connectivity index (χ3n) is 8.11. The van der Waals surface area contributed by atoms with Crippen LogP contribution in [0.2, 0.25) is 0 Å². The molecule has 2 aliphatic rings. The van der Waals surface area contributed by atoms with Crippen molar-refractivity contribution in [1.82, 2.24) is 14.8 Å². The summed E-state index contributed by atoms with van der Waals surface area (Å²) >= 11 is 0. The van der Waals surface area contributed by atoms with Crippen molar-refractivity contribution in [3.63, 3.8) is 0 Å². The highest BCUT2D eigenvalue weighted by Gasteiger charge is 2.49. The van der Waals surface area contributed by atoms with Crippen LogP contribution in [0.25, 0.3) is 0 Å². The number of likely N-dealkylation sites (tertiary alicyclic amines) is 1. The first-order chi connectivity index (χ1) is 22.2. The van der Waals surface area contributed by atoms with Gasteiger partial charge in [0, 0.05) is 52.0 Å². The van der Waals surface area contributed by atoms with Crippen LogP contribution in [-0.4, -0.2) is 77.4 Å². The molecule has 258 valence electrons. The van der Waals surface area contributed by atoms with E-state index in [0.29, 0.717) is 24.8 Å². The number of rotatable bonds is 6. The van der Waals surface area contributed by atoms with Gasteiger partial charge in [0.25, 0.3) is 11.8 Å². The summed E-state index contributed by atoms with van der Waals surface area (Å²) in [5.41, 5.74) is -3.26. The smallest absolute Gasteiger partial charge is 0.417 e. The van der Waals surface area contributed by atoms with E-state index in [-0.39, 0.29) is 56.5 Å². The quantitative estimate of drug-likeness (QED) is 0.322. The normalized spacial score (nSPS) is 18.5. The standard InChI is InChI=1S/C32H31F6N5O4.ClH/c1-21(44)40-26-5-2-3-6-27(26)41-15-17-42(18-16-41)29(46)30(47-23-9-7-22(8-10-23)31(33,34)35)12-4-14-43(20-30)28(45)24-19-39-13-11-25(24)32(36,37)38;/h2-3,5-11,13,19H,4,12,14-18,20H2,1H3,(H,40,44);1H. The lowest BCUT2D eigenvalue weighted by Crippen LogP contribution is -2.64. The van der Waals surface area contributed by atoms with Crippen molar-refractivity contribution in [1.29, 1.82) is 0 Å². The monoisotopic (exact) mass is 699 g/mol. The van der Waals surface area contributed by atoms with Gasteiger partial charge in [-0.1, -0.05) is 12.1 Å². The molecule has 2 aliphatic heterocycles. The van der Waals surface area contributed by atoms with E-state index in [2.05, 4.69) is 10.3 Å². The Bertz CT molecular complexity index is 1630. The molecule has 3 heterocycles. The summed E-state index contributed by atoms with van der Waals surface area (Å²) in [6, 6.07) is 11.6. The lowest BCUT2D eigenvalue weighted by Gasteiger charge is -2.46. The van der Waals surface area contributed by atoms with Crippen molar-refractivity contribution in [2.75, 3.05) is 49.5 Å². The van der Waals surface area contributed by atoms with Gasteiger partial charge in [-0.25, -0.2) is 0 Å². The second-order valence-corrected chi connectivity index (χ2v) is 11.3. The zero-order chi connectivity index (χ0) is 34.0. The van der Waals surface area contributed by atoms with Gasteiger partial charge in [-0.2, -0.15) is 26.3 Å². The zero-order valence-electron chi connectivity index (χ0n) is 25.6. The van der Waals surface area contributed by atoms with E-state index in [0.717, 1.165) is 47.2 Å². The van der Waals surface area contributed by atoms with Crippen molar-refractivity contribution < 1.29 is 45.5 Å². The second kappa shape index (κ2) is 14.3. The fourth-order valence-electron chi connectivity index (χ4n) is 5.90. The number of piperazine rings is 1. The number of amides is 3. The number of benzene rings is 2. The molecule has 48 heavy (non-hydrogen) atoms. The van der Waals surface area contributed by atoms with Gasteiger partial charge in [0.15, 0.2) is 0 Å². The Morgan fingerprint density at radius 1 is 0.854 bits per heavy atom. The summed E-state index contributed by atoms with van der Waals surface area (Å²) in [5, 5.41) is 2.78. The first-order valence-electron chi connectivity index (χ1n) is 14.8. The Labute approximate surface area is 278 Å². The molecule has 3 amide bonds. The number of hydrogen-bond donors (Lipinski definition) is 1. The number of hydrogen-bond acceptors (Lipinski definition) is 6. The van der Waals surface area contributed by atoms with Gasteiger partial charge in [0.2, 0.25) is 11.5 Å². The molecule has 0 spiro atoms. The largest absolute Gasteiger partial charge is 0.476 e. The van der Waals surface area contributed by atoms with Gasteiger partial charge in [0.05, 0.1) is 34.6 Å². The molecule has 1 atom stereocenters. The fraction of sp³-hybridized carbons (Fsp3) is 0.375. The van der Waals surface area contributed by atoms with Crippen LogP contribution >= 0.6 is 12.4 Å². The molecule has 0 bridgehead atoms. The number of carbonyl (C=O) groups excluding carboxylic acids is 3. The molecule has 2 aromatic carbocycles. The Morgan fingerprint density at radius 3 is 2.15 bits per heavy atom. The summed E-state index contributed by atoms with van der Waals surface area (Å²) in [5.74, 6) is -1.87. The van der Waals surface area contributed by atoms with Crippen LogP contribution in [0.3, 0.4) is 0 Å². The molecular formula is C32H32ClF6N5O4. The molecular weight excluding hydrogens is 668 g/mol. The molecule has 1 aromatic heterocycles. The fourth-order valence-corrected chi connectivity index (χ4v) is 5.90. The number of pyridine rings is 1. The third kappa shape index (κ3) is 7.94. The molecule has 0 aliphatic carbocycles. The number of aromatic nitrogens is 1. The van der Waals surface area contributed by atoms with Crippen LogP contribution in [-0.2, 0) is 21.9 Å². The zero-order valence-corrected chi connectivity index (χ0v) is 26.4. The van der Waals surface area contributed by atoms with Crippen molar-refractivity contribution in [3.05, 3.63) is 83.7 Å². The SMILES string of the molecule is CC(=O)Nc1ccccc1N1CCN(C(=O)C2(Oc3ccc(C(F)(F)F)cc3)CCCN(C(=O)c3cnccc3C(F)(F)F)C2)CC1.Cl. The van der Waals surface area contributed by atoms with Crippen LogP contribution in [0.5, 0.6) is 5.75 Å². The van der Waals surface area contributed by atoms with E-state index in [1.165, 1.54) is 11.8 Å². The predicted octanol–water partition coefficient (Wildman–Crippen LogP) is 5.90. The maximum absolute atomic E-state index is 14.3. The number of carbonyl (C=O) groups is 3. The highest BCUT2D eigenvalue weighted by molar-refractivity contribution is 5.97. The number of alkyl halides is 6. The van der Waals surface area contributed by atoms with Crippen molar-refractivity contribution >= 4 is 41.5 Å². The first kappa shape index (κ1) is 36.3. The summed E-state index contributed by atoms with van der Waals surface area (Å²) in [7, 11) is 0. The van der Waals surface area contributed by atoms with Crippen LogP contribution < -0.4 is 15.0 Å². The van der Waals surface area contributed by atoms with Gasteiger partial charge < -0.3 is 24.8 Å². The van der Waals surface area contributed by atoms with Gasteiger partial charge in [-0.05, 0) is 55.3 Å². The molecule has 3 aromatic rings. The third-order valence-corrected chi connectivity index (χ3v) is 8.11. The minimum atomic E-state index is -4.84. The number of nitrogens with zero attached hydrogens (tertiary/aromatic N) is 4. The van der Waals surface area contributed by atoms with Crippen LogP contribution in [0.4, 0.5) is 37.7 Å². The predicted molar refractivity (Wildman–Crippen MR) is 166 cm³/mol. The molecule has 16 heteroatoms. The summed E-state index contributed by atoms with van der Waals surface area (Å²) < 4.78 is 87.1. The second-order valence-electron chi connectivity index (χ2n) is 11.3. The van der Waals surface area contributed by atoms with E-state index >= 15 is 0 Å². The van der Waals surface area contributed by atoms with E-state index in [1.54, 1.807) is 12.1 Å². The van der Waals surface area contributed by atoms with E-state index < -0.39 is 53.0 Å². The lowest BCUT2D eigenvalue weighted by molar-refractivity contribution is -0.153. The molecule has 2 saturated heterocycles. The number of nitrogens with one attached hydrogen (secondary N) is 1. The Kier molecular flexibility index (Phi) is 10.8. The molecule has 5 rings (SSSR count). The summed E-state index contributed by atoms with van der Waals surface area (Å²) in [6.45, 7) is 2.06. The average molecular weight is 700 g/mol. The molecule has 0 saturated carbocycles. The van der Waals surface area contributed by atoms with Crippen molar-refractivity contribution in [2.24, 2.45) is 0 Å². The van der Waals surface area contributed by atoms with E-state index in [9.17, 15) is 40.7 Å². The number of piperidine rings is 1. The van der Waals surface area contributed by atoms with E-state index in [1.807, 2.05) is 17.0 Å².